The SMILES string of the molecule is O=C(NC[C@@H](c1ccc(F)cc1)N1CCOCC1)C1CCN(c2nc3ccccc3o2)CC1. The Kier molecular flexibility index (Phi) is 6.55. The molecule has 2 aromatic carbocycles. The maximum absolute atomic E-state index is 13.4. The van der Waals surface area contributed by atoms with Crippen LogP contribution in [-0.2, 0) is 9.53 Å². The van der Waals surface area contributed by atoms with Gasteiger partial charge in [-0.05, 0) is 42.7 Å². The fourth-order valence-electron chi connectivity index (χ4n) is 4.70. The molecule has 1 amide bonds. The number of oxazole rings is 1. The molecule has 7 nitrogen and oxygen atoms in total. The third-order valence-corrected chi connectivity index (χ3v) is 6.63. The number of ether oxygens (including phenoxy) is 1. The number of carbonyl (C=O) groups excluding carboxylic acids is 1. The van der Waals surface area contributed by atoms with Crippen molar-refractivity contribution in [2.75, 3.05) is 50.8 Å². The average molecular weight is 453 g/mol. The van der Waals surface area contributed by atoms with E-state index in [2.05, 4.69) is 20.1 Å². The number of piperidine rings is 1. The Bertz CT molecular complexity index is 1040. The van der Waals surface area contributed by atoms with Crippen molar-refractivity contribution in [2.45, 2.75) is 18.9 Å². The maximum atomic E-state index is 13.4. The summed E-state index contributed by atoms with van der Waals surface area (Å²) in [5, 5.41) is 3.17. The number of nitrogens with zero attached hydrogens (tertiary/aromatic N) is 3. The van der Waals surface area contributed by atoms with Crippen molar-refractivity contribution in [2.24, 2.45) is 5.92 Å². The van der Waals surface area contributed by atoms with Crippen LogP contribution in [0, 0.1) is 11.7 Å². The van der Waals surface area contributed by atoms with Crippen molar-refractivity contribution < 1.29 is 18.3 Å². The van der Waals surface area contributed by atoms with Crippen molar-refractivity contribution in [3.05, 3.63) is 59.9 Å². The number of hydrogen-bond acceptors (Lipinski definition) is 6. The summed E-state index contributed by atoms with van der Waals surface area (Å²) in [4.78, 5) is 22.0. The molecule has 3 heterocycles. The third kappa shape index (κ3) is 5.02. The van der Waals surface area contributed by atoms with Crippen LogP contribution in [0.1, 0.15) is 24.4 Å². The molecular formula is C25H29FN4O3. The molecule has 5 rings (SSSR count). The largest absolute Gasteiger partial charge is 0.423 e. The molecule has 0 saturated carbocycles. The molecule has 8 heteroatoms. The summed E-state index contributed by atoms with van der Waals surface area (Å²) in [6.07, 6.45) is 1.51. The van der Waals surface area contributed by atoms with Gasteiger partial charge in [-0.1, -0.05) is 24.3 Å². The van der Waals surface area contributed by atoms with Gasteiger partial charge in [0, 0.05) is 38.6 Å². The highest BCUT2D eigenvalue weighted by molar-refractivity contribution is 5.79. The molecule has 1 atom stereocenters. The van der Waals surface area contributed by atoms with Crippen LogP contribution in [0.25, 0.3) is 11.1 Å². The molecule has 3 aromatic rings. The molecule has 0 radical (unpaired) electrons. The second-order valence-electron chi connectivity index (χ2n) is 8.69. The lowest BCUT2D eigenvalue weighted by atomic mass is 9.95. The third-order valence-electron chi connectivity index (χ3n) is 6.63. The van der Waals surface area contributed by atoms with E-state index in [1.807, 2.05) is 24.3 Å². The van der Waals surface area contributed by atoms with Gasteiger partial charge in [-0.25, -0.2) is 4.39 Å². The number of amides is 1. The Labute approximate surface area is 192 Å². The number of carbonyl (C=O) groups is 1. The van der Waals surface area contributed by atoms with Gasteiger partial charge in [0.2, 0.25) is 5.91 Å². The number of halogens is 1. The van der Waals surface area contributed by atoms with Gasteiger partial charge in [-0.2, -0.15) is 4.98 Å². The second-order valence-corrected chi connectivity index (χ2v) is 8.69. The first-order valence-electron chi connectivity index (χ1n) is 11.6. The molecule has 2 aliphatic heterocycles. The smallest absolute Gasteiger partial charge is 0.298 e. The fraction of sp³-hybridized carbons (Fsp3) is 0.440. The van der Waals surface area contributed by atoms with Gasteiger partial charge in [0.25, 0.3) is 6.01 Å². The van der Waals surface area contributed by atoms with Crippen LogP contribution in [0.3, 0.4) is 0 Å². The van der Waals surface area contributed by atoms with E-state index in [0.29, 0.717) is 25.8 Å². The van der Waals surface area contributed by atoms with Crippen molar-refractivity contribution in [1.82, 2.24) is 15.2 Å². The summed E-state index contributed by atoms with van der Waals surface area (Å²) in [5.74, 6) is -0.217. The van der Waals surface area contributed by atoms with Crippen LogP contribution in [0.15, 0.2) is 52.9 Å². The number of para-hydroxylation sites is 2. The van der Waals surface area contributed by atoms with Crippen LogP contribution < -0.4 is 10.2 Å². The van der Waals surface area contributed by atoms with Crippen LogP contribution >= 0.6 is 0 Å². The molecule has 0 bridgehead atoms. The van der Waals surface area contributed by atoms with E-state index in [0.717, 1.165) is 55.7 Å². The van der Waals surface area contributed by atoms with E-state index < -0.39 is 0 Å². The van der Waals surface area contributed by atoms with Gasteiger partial charge >= 0.3 is 0 Å². The molecular weight excluding hydrogens is 423 g/mol. The van der Waals surface area contributed by atoms with Gasteiger partial charge in [-0.3, -0.25) is 9.69 Å². The molecule has 2 saturated heterocycles. The molecule has 0 spiro atoms. The van der Waals surface area contributed by atoms with E-state index in [1.165, 1.54) is 12.1 Å². The number of aromatic nitrogens is 1. The fourth-order valence-corrected chi connectivity index (χ4v) is 4.70. The minimum Gasteiger partial charge on any atom is -0.423 e. The van der Waals surface area contributed by atoms with Gasteiger partial charge in [0.15, 0.2) is 5.58 Å². The number of hydrogen-bond donors (Lipinski definition) is 1. The first-order valence-corrected chi connectivity index (χ1v) is 11.6. The van der Waals surface area contributed by atoms with Gasteiger partial charge in [0.05, 0.1) is 19.3 Å². The number of morpholine rings is 1. The molecule has 174 valence electrons. The summed E-state index contributed by atoms with van der Waals surface area (Å²) in [6, 6.07) is 14.9. The monoisotopic (exact) mass is 452 g/mol. The zero-order valence-electron chi connectivity index (χ0n) is 18.6. The summed E-state index contributed by atoms with van der Waals surface area (Å²) in [6.45, 7) is 4.88. The van der Waals surface area contributed by atoms with Crippen LogP contribution in [0.4, 0.5) is 10.4 Å². The predicted molar refractivity (Wildman–Crippen MR) is 123 cm³/mol. The first-order chi connectivity index (χ1) is 16.2. The summed E-state index contributed by atoms with van der Waals surface area (Å²) < 4.78 is 24.8. The summed E-state index contributed by atoms with van der Waals surface area (Å²) in [7, 11) is 0. The van der Waals surface area contributed by atoms with Crippen LogP contribution in [0.2, 0.25) is 0 Å². The zero-order chi connectivity index (χ0) is 22.6. The van der Waals surface area contributed by atoms with Gasteiger partial charge < -0.3 is 19.4 Å². The first kappa shape index (κ1) is 21.9. The minimum absolute atomic E-state index is 0.00159. The highest BCUT2D eigenvalue weighted by Crippen LogP contribution is 2.27. The molecule has 0 unspecified atom stereocenters. The number of nitrogens with one attached hydrogen (secondary N) is 1. The van der Waals surface area contributed by atoms with Crippen molar-refractivity contribution in [1.29, 1.82) is 0 Å². The maximum Gasteiger partial charge on any atom is 0.298 e. The van der Waals surface area contributed by atoms with Crippen LogP contribution in [-0.4, -0.2) is 61.7 Å². The molecule has 1 N–H and O–H groups in total. The Morgan fingerprint density at radius 1 is 1.06 bits per heavy atom. The summed E-state index contributed by atoms with van der Waals surface area (Å²) in [5.41, 5.74) is 2.63. The number of rotatable bonds is 6. The Morgan fingerprint density at radius 2 is 1.79 bits per heavy atom. The number of benzene rings is 2. The Balaban J connectivity index is 1.18. The number of fused-ring (bicyclic) bond motifs is 1. The molecule has 1 aromatic heterocycles. The Morgan fingerprint density at radius 3 is 2.52 bits per heavy atom. The standard InChI is InChI=1S/C25H29FN4O3/c26-20-7-5-18(6-8-20)22(29-13-15-32-16-14-29)17-27-24(31)19-9-11-30(12-10-19)25-28-21-3-1-2-4-23(21)33-25/h1-8,19,22H,9-17H2,(H,27,31)/t22-/m0/s1. The lowest BCUT2D eigenvalue weighted by Crippen LogP contribution is -2.46. The molecule has 0 aliphatic carbocycles. The predicted octanol–water partition coefficient (Wildman–Crippen LogP) is 3.37. The second kappa shape index (κ2) is 9.89. The van der Waals surface area contributed by atoms with Gasteiger partial charge in [0.1, 0.15) is 11.3 Å². The minimum atomic E-state index is -0.255. The Hall–Kier alpha value is -2.97. The quantitative estimate of drug-likeness (QED) is 0.618. The molecule has 33 heavy (non-hydrogen) atoms. The zero-order valence-corrected chi connectivity index (χ0v) is 18.6. The van der Waals surface area contributed by atoms with E-state index in [-0.39, 0.29) is 23.7 Å². The lowest BCUT2D eigenvalue weighted by Gasteiger charge is -2.35. The highest BCUT2D eigenvalue weighted by Gasteiger charge is 2.29. The number of anilines is 1. The molecule has 2 fully saturated rings. The molecule has 2 aliphatic rings. The normalized spacial score (nSPS) is 19.0. The topological polar surface area (TPSA) is 70.8 Å². The van der Waals surface area contributed by atoms with Gasteiger partial charge in [-0.15, -0.1) is 0 Å². The van der Waals surface area contributed by atoms with E-state index in [4.69, 9.17) is 9.15 Å². The van der Waals surface area contributed by atoms with Crippen LogP contribution in [0.5, 0.6) is 0 Å². The van der Waals surface area contributed by atoms with Crippen molar-refractivity contribution in [3.8, 4) is 0 Å². The highest BCUT2D eigenvalue weighted by atomic mass is 19.1. The van der Waals surface area contributed by atoms with E-state index in [1.54, 1.807) is 12.1 Å². The van der Waals surface area contributed by atoms with E-state index in [9.17, 15) is 9.18 Å². The van der Waals surface area contributed by atoms with Crippen molar-refractivity contribution >= 4 is 23.0 Å². The average Bonchev–Trinajstić information content (AvgIpc) is 3.30. The van der Waals surface area contributed by atoms with Crippen molar-refractivity contribution in [3.63, 3.8) is 0 Å². The lowest BCUT2D eigenvalue weighted by molar-refractivity contribution is -0.126. The van der Waals surface area contributed by atoms with E-state index >= 15 is 0 Å². The summed E-state index contributed by atoms with van der Waals surface area (Å²) >= 11 is 0.